The number of aromatic nitrogens is 2. The summed E-state index contributed by atoms with van der Waals surface area (Å²) in [6, 6.07) is 2.44. The maximum Gasteiger partial charge on any atom is 0.218 e. The standard InChI is InChI=1S/C13H21N3O/c1-9(2)13-15-11(8-12(16-13)17-3)14-10-6-4-5-7-10/h8-10H,4-7H2,1-3H3,(H,14,15,16). The van der Waals surface area contributed by atoms with Crippen LogP contribution in [0.15, 0.2) is 6.07 Å². The first-order chi connectivity index (χ1) is 8.19. The lowest BCUT2D eigenvalue weighted by Crippen LogP contribution is -2.16. The molecule has 17 heavy (non-hydrogen) atoms. The van der Waals surface area contributed by atoms with Crippen LogP contribution in [-0.2, 0) is 0 Å². The maximum atomic E-state index is 5.22. The molecule has 1 aromatic rings. The van der Waals surface area contributed by atoms with E-state index in [1.807, 2.05) is 6.07 Å². The summed E-state index contributed by atoms with van der Waals surface area (Å²) in [4.78, 5) is 8.89. The van der Waals surface area contributed by atoms with E-state index in [-0.39, 0.29) is 0 Å². The molecule has 0 aliphatic heterocycles. The van der Waals surface area contributed by atoms with E-state index in [9.17, 15) is 0 Å². The van der Waals surface area contributed by atoms with Crippen LogP contribution in [0.4, 0.5) is 5.82 Å². The van der Waals surface area contributed by atoms with Crippen molar-refractivity contribution in [3.63, 3.8) is 0 Å². The molecule has 0 amide bonds. The van der Waals surface area contributed by atoms with E-state index in [0.29, 0.717) is 17.8 Å². The first-order valence-corrected chi connectivity index (χ1v) is 6.38. The monoisotopic (exact) mass is 235 g/mol. The smallest absolute Gasteiger partial charge is 0.218 e. The molecule has 4 heteroatoms. The average molecular weight is 235 g/mol. The van der Waals surface area contributed by atoms with E-state index in [4.69, 9.17) is 4.74 Å². The molecule has 1 heterocycles. The third-order valence-corrected chi connectivity index (χ3v) is 3.15. The van der Waals surface area contributed by atoms with Gasteiger partial charge in [-0.05, 0) is 12.8 Å². The Kier molecular flexibility index (Phi) is 3.82. The van der Waals surface area contributed by atoms with Gasteiger partial charge in [-0.2, -0.15) is 4.98 Å². The van der Waals surface area contributed by atoms with Gasteiger partial charge in [0.15, 0.2) is 0 Å². The summed E-state index contributed by atoms with van der Waals surface area (Å²) in [6.45, 7) is 4.18. The molecule has 0 aromatic carbocycles. The maximum absolute atomic E-state index is 5.22. The Labute approximate surface area is 103 Å². The van der Waals surface area contributed by atoms with Crippen LogP contribution in [0.2, 0.25) is 0 Å². The van der Waals surface area contributed by atoms with Crippen molar-refractivity contribution in [2.24, 2.45) is 0 Å². The second kappa shape index (κ2) is 5.34. The van der Waals surface area contributed by atoms with Crippen molar-refractivity contribution in [3.05, 3.63) is 11.9 Å². The quantitative estimate of drug-likeness (QED) is 0.871. The van der Waals surface area contributed by atoms with Gasteiger partial charge in [0.1, 0.15) is 11.6 Å². The number of nitrogens with one attached hydrogen (secondary N) is 1. The number of anilines is 1. The Balaban J connectivity index is 2.16. The van der Waals surface area contributed by atoms with E-state index >= 15 is 0 Å². The van der Waals surface area contributed by atoms with Crippen LogP contribution in [0.3, 0.4) is 0 Å². The molecule has 4 nitrogen and oxygen atoms in total. The van der Waals surface area contributed by atoms with Gasteiger partial charge in [0.25, 0.3) is 0 Å². The molecule has 1 aromatic heterocycles. The molecule has 1 fully saturated rings. The third kappa shape index (κ3) is 3.08. The topological polar surface area (TPSA) is 47.0 Å². The number of hydrogen-bond donors (Lipinski definition) is 1. The lowest BCUT2D eigenvalue weighted by molar-refractivity contribution is 0.394. The normalized spacial score (nSPS) is 16.5. The van der Waals surface area contributed by atoms with Crippen molar-refractivity contribution >= 4 is 5.82 Å². The molecule has 0 radical (unpaired) electrons. The van der Waals surface area contributed by atoms with Gasteiger partial charge in [0.2, 0.25) is 5.88 Å². The number of ether oxygens (including phenoxy) is 1. The van der Waals surface area contributed by atoms with Gasteiger partial charge in [-0.25, -0.2) is 4.98 Å². The van der Waals surface area contributed by atoms with Crippen LogP contribution in [0.5, 0.6) is 5.88 Å². The molecule has 2 rings (SSSR count). The molecule has 1 N–H and O–H groups in total. The third-order valence-electron chi connectivity index (χ3n) is 3.15. The van der Waals surface area contributed by atoms with Crippen molar-refractivity contribution in [2.75, 3.05) is 12.4 Å². The van der Waals surface area contributed by atoms with Crippen molar-refractivity contribution in [1.82, 2.24) is 9.97 Å². The van der Waals surface area contributed by atoms with E-state index < -0.39 is 0 Å². The average Bonchev–Trinajstić information content (AvgIpc) is 2.81. The summed E-state index contributed by atoms with van der Waals surface area (Å²) in [7, 11) is 1.64. The van der Waals surface area contributed by atoms with Crippen LogP contribution in [0.25, 0.3) is 0 Å². The van der Waals surface area contributed by atoms with Gasteiger partial charge in [-0.3, -0.25) is 0 Å². The minimum Gasteiger partial charge on any atom is -0.481 e. The fraction of sp³-hybridized carbons (Fsp3) is 0.692. The lowest BCUT2D eigenvalue weighted by Gasteiger charge is -2.15. The molecule has 1 aliphatic rings. The predicted octanol–water partition coefficient (Wildman–Crippen LogP) is 2.96. The Morgan fingerprint density at radius 2 is 2.00 bits per heavy atom. The number of nitrogens with zero attached hydrogens (tertiary/aromatic N) is 2. The van der Waals surface area contributed by atoms with Crippen LogP contribution in [-0.4, -0.2) is 23.1 Å². The summed E-state index contributed by atoms with van der Waals surface area (Å²) >= 11 is 0. The molecule has 0 atom stereocenters. The highest BCUT2D eigenvalue weighted by atomic mass is 16.5. The van der Waals surface area contributed by atoms with Crippen molar-refractivity contribution in [2.45, 2.75) is 51.5 Å². The Morgan fingerprint density at radius 1 is 1.29 bits per heavy atom. The molecule has 1 saturated carbocycles. The van der Waals surface area contributed by atoms with Gasteiger partial charge in [-0.1, -0.05) is 26.7 Å². The predicted molar refractivity (Wildman–Crippen MR) is 68.6 cm³/mol. The lowest BCUT2D eigenvalue weighted by atomic mass is 10.2. The molecule has 0 bridgehead atoms. The second-order valence-electron chi connectivity index (χ2n) is 4.93. The minimum absolute atomic E-state index is 0.314. The van der Waals surface area contributed by atoms with E-state index in [2.05, 4.69) is 29.1 Å². The Morgan fingerprint density at radius 3 is 2.59 bits per heavy atom. The first-order valence-electron chi connectivity index (χ1n) is 6.38. The van der Waals surface area contributed by atoms with Crippen LogP contribution in [0.1, 0.15) is 51.3 Å². The summed E-state index contributed by atoms with van der Waals surface area (Å²) in [5.41, 5.74) is 0. The van der Waals surface area contributed by atoms with E-state index in [0.717, 1.165) is 11.6 Å². The fourth-order valence-electron chi connectivity index (χ4n) is 2.16. The Bertz CT molecular complexity index is 373. The zero-order valence-corrected chi connectivity index (χ0v) is 10.9. The molecule has 94 valence electrons. The summed E-state index contributed by atoms with van der Waals surface area (Å²) in [6.07, 6.45) is 5.11. The highest BCUT2D eigenvalue weighted by Gasteiger charge is 2.16. The van der Waals surface area contributed by atoms with Gasteiger partial charge in [0.05, 0.1) is 7.11 Å². The highest BCUT2D eigenvalue weighted by Crippen LogP contribution is 2.24. The van der Waals surface area contributed by atoms with Gasteiger partial charge in [-0.15, -0.1) is 0 Å². The van der Waals surface area contributed by atoms with Gasteiger partial charge in [0, 0.05) is 18.0 Å². The molecular formula is C13H21N3O. The summed E-state index contributed by atoms with van der Waals surface area (Å²) < 4.78 is 5.22. The van der Waals surface area contributed by atoms with Crippen molar-refractivity contribution < 1.29 is 4.74 Å². The number of rotatable bonds is 4. The largest absolute Gasteiger partial charge is 0.481 e. The first kappa shape index (κ1) is 12.1. The fourth-order valence-corrected chi connectivity index (χ4v) is 2.16. The molecule has 0 saturated heterocycles. The van der Waals surface area contributed by atoms with Gasteiger partial charge >= 0.3 is 0 Å². The molecule has 0 spiro atoms. The van der Waals surface area contributed by atoms with Crippen LogP contribution < -0.4 is 10.1 Å². The van der Waals surface area contributed by atoms with Crippen LogP contribution in [0, 0.1) is 0 Å². The Hall–Kier alpha value is -1.32. The zero-order chi connectivity index (χ0) is 12.3. The number of methoxy groups -OCH3 is 1. The summed E-state index contributed by atoms with van der Waals surface area (Å²) in [5.74, 6) is 2.69. The molecular weight excluding hydrogens is 214 g/mol. The van der Waals surface area contributed by atoms with Gasteiger partial charge < -0.3 is 10.1 Å². The zero-order valence-electron chi connectivity index (χ0n) is 10.9. The van der Waals surface area contributed by atoms with Crippen LogP contribution >= 0.6 is 0 Å². The second-order valence-corrected chi connectivity index (χ2v) is 4.93. The molecule has 1 aliphatic carbocycles. The SMILES string of the molecule is COc1cc(NC2CCCC2)nc(C(C)C)n1. The van der Waals surface area contributed by atoms with E-state index in [1.165, 1.54) is 25.7 Å². The van der Waals surface area contributed by atoms with Crippen molar-refractivity contribution in [1.29, 1.82) is 0 Å². The molecule has 0 unspecified atom stereocenters. The minimum atomic E-state index is 0.314. The summed E-state index contributed by atoms with van der Waals surface area (Å²) in [5, 5.41) is 3.48. The van der Waals surface area contributed by atoms with Crippen molar-refractivity contribution in [3.8, 4) is 5.88 Å². The highest BCUT2D eigenvalue weighted by molar-refractivity contribution is 5.40. The van der Waals surface area contributed by atoms with E-state index in [1.54, 1.807) is 7.11 Å². The number of hydrogen-bond acceptors (Lipinski definition) is 4.